The molecule has 1 amide bonds. The number of carbonyl (C=O) groups excluding carboxylic acids is 1. The van der Waals surface area contributed by atoms with Gasteiger partial charge in [0, 0.05) is 37.9 Å². The molecule has 1 unspecified atom stereocenters. The Morgan fingerprint density at radius 1 is 1.38 bits per heavy atom. The predicted molar refractivity (Wildman–Crippen MR) is 98.4 cm³/mol. The van der Waals surface area contributed by atoms with Crippen LogP contribution in [0.5, 0.6) is 0 Å². The van der Waals surface area contributed by atoms with Crippen molar-refractivity contribution in [3.63, 3.8) is 0 Å². The molecule has 1 saturated heterocycles. The van der Waals surface area contributed by atoms with Crippen LogP contribution < -0.4 is 10.6 Å². The highest BCUT2D eigenvalue weighted by atomic mass is 16.1. The molecule has 0 saturated carbocycles. The molecular weight excluding hydrogens is 330 g/mol. The molecule has 136 valence electrons. The van der Waals surface area contributed by atoms with Gasteiger partial charge in [0.25, 0.3) is 5.91 Å². The lowest BCUT2D eigenvalue weighted by Crippen LogP contribution is -2.39. The molecule has 0 radical (unpaired) electrons. The Kier molecular flexibility index (Phi) is 4.32. The van der Waals surface area contributed by atoms with Crippen LogP contribution in [0.25, 0.3) is 11.3 Å². The molecule has 0 aromatic carbocycles. The van der Waals surface area contributed by atoms with Crippen LogP contribution >= 0.6 is 0 Å². The molecule has 0 bridgehead atoms. The molecule has 0 spiro atoms. The van der Waals surface area contributed by atoms with E-state index in [0.29, 0.717) is 23.8 Å². The quantitative estimate of drug-likeness (QED) is 0.867. The normalized spacial score (nSPS) is 19.7. The van der Waals surface area contributed by atoms with Gasteiger partial charge in [0.15, 0.2) is 0 Å². The second-order valence-electron chi connectivity index (χ2n) is 6.76. The van der Waals surface area contributed by atoms with Crippen LogP contribution in [0.3, 0.4) is 0 Å². The van der Waals surface area contributed by atoms with Crippen LogP contribution in [-0.4, -0.2) is 49.7 Å². The van der Waals surface area contributed by atoms with E-state index in [2.05, 4.69) is 42.9 Å². The number of anilines is 1. The molecular formula is C18H23N7O. The highest BCUT2D eigenvalue weighted by Crippen LogP contribution is 2.28. The van der Waals surface area contributed by atoms with Gasteiger partial charge in [-0.05, 0) is 26.0 Å². The first-order valence-corrected chi connectivity index (χ1v) is 8.95. The number of piperidine rings is 1. The van der Waals surface area contributed by atoms with E-state index in [-0.39, 0.29) is 11.9 Å². The molecule has 2 aliphatic rings. The standard InChI is InChI=1S/C18H23N7O/c1-3-6-25-7-4-5-13(11-25)21-18-22-14-9-19-17(26)15(14)16(23-18)12-8-20-24(2)10-12/h3,6,8,10,13H,4-5,7,9,11H2,1-2H3,(H,19,26)(H,21,22,23). The van der Waals surface area contributed by atoms with Crippen LogP contribution in [0.15, 0.2) is 24.7 Å². The Bertz CT molecular complexity index is 857. The summed E-state index contributed by atoms with van der Waals surface area (Å²) in [6.07, 6.45) is 9.99. The summed E-state index contributed by atoms with van der Waals surface area (Å²) in [4.78, 5) is 23.8. The average Bonchev–Trinajstić information content (AvgIpc) is 3.21. The summed E-state index contributed by atoms with van der Waals surface area (Å²) in [5.74, 6) is 0.453. The Morgan fingerprint density at radius 3 is 3.04 bits per heavy atom. The maximum atomic E-state index is 12.2. The number of amides is 1. The minimum atomic E-state index is -0.123. The Labute approximate surface area is 152 Å². The monoisotopic (exact) mass is 353 g/mol. The summed E-state index contributed by atoms with van der Waals surface area (Å²) >= 11 is 0. The second-order valence-corrected chi connectivity index (χ2v) is 6.76. The average molecular weight is 353 g/mol. The molecule has 4 rings (SSSR count). The molecule has 1 atom stereocenters. The number of hydrogen-bond acceptors (Lipinski definition) is 6. The minimum Gasteiger partial charge on any atom is -0.376 e. The number of hydrogen-bond donors (Lipinski definition) is 2. The molecule has 2 aromatic rings. The molecule has 0 aliphatic carbocycles. The Morgan fingerprint density at radius 2 is 2.27 bits per heavy atom. The number of carbonyl (C=O) groups is 1. The van der Waals surface area contributed by atoms with E-state index < -0.39 is 0 Å². The predicted octanol–water partition coefficient (Wildman–Crippen LogP) is 1.53. The van der Waals surface area contributed by atoms with Crippen molar-refractivity contribution in [2.24, 2.45) is 7.05 Å². The van der Waals surface area contributed by atoms with E-state index in [1.807, 2.05) is 20.2 Å². The van der Waals surface area contributed by atoms with Gasteiger partial charge < -0.3 is 15.5 Å². The third kappa shape index (κ3) is 3.14. The lowest BCUT2D eigenvalue weighted by molar-refractivity contribution is 0.0966. The van der Waals surface area contributed by atoms with Crippen molar-refractivity contribution in [2.75, 3.05) is 18.4 Å². The van der Waals surface area contributed by atoms with Gasteiger partial charge >= 0.3 is 0 Å². The molecule has 2 N–H and O–H groups in total. The van der Waals surface area contributed by atoms with E-state index in [4.69, 9.17) is 0 Å². The van der Waals surface area contributed by atoms with Crippen LogP contribution in [0.1, 0.15) is 35.8 Å². The van der Waals surface area contributed by atoms with Gasteiger partial charge in [-0.1, -0.05) is 6.08 Å². The zero-order valence-corrected chi connectivity index (χ0v) is 15.1. The summed E-state index contributed by atoms with van der Waals surface area (Å²) in [6.45, 7) is 4.47. The summed E-state index contributed by atoms with van der Waals surface area (Å²) < 4.78 is 1.71. The molecule has 8 heteroatoms. The fraction of sp³-hybridized carbons (Fsp3) is 0.444. The van der Waals surface area contributed by atoms with Crippen molar-refractivity contribution in [1.29, 1.82) is 0 Å². The first kappa shape index (κ1) is 16.6. The molecule has 1 fully saturated rings. The fourth-order valence-corrected chi connectivity index (χ4v) is 3.60. The minimum absolute atomic E-state index is 0.123. The van der Waals surface area contributed by atoms with Gasteiger partial charge in [-0.25, -0.2) is 9.97 Å². The zero-order valence-electron chi connectivity index (χ0n) is 15.1. The van der Waals surface area contributed by atoms with Crippen LogP contribution in [-0.2, 0) is 13.6 Å². The van der Waals surface area contributed by atoms with Gasteiger partial charge in [-0.15, -0.1) is 0 Å². The van der Waals surface area contributed by atoms with Gasteiger partial charge in [-0.3, -0.25) is 9.48 Å². The number of aryl methyl sites for hydroxylation is 1. The number of likely N-dealkylation sites (tertiary alicyclic amines) is 1. The van der Waals surface area contributed by atoms with Crippen LogP contribution in [0.2, 0.25) is 0 Å². The third-order valence-electron chi connectivity index (χ3n) is 4.75. The van der Waals surface area contributed by atoms with Crippen molar-refractivity contribution >= 4 is 11.9 Å². The molecule has 2 aromatic heterocycles. The number of aromatic nitrogens is 4. The number of nitrogens with zero attached hydrogens (tertiary/aromatic N) is 5. The lowest BCUT2D eigenvalue weighted by Gasteiger charge is -2.32. The van der Waals surface area contributed by atoms with E-state index in [1.54, 1.807) is 10.9 Å². The highest BCUT2D eigenvalue weighted by molar-refractivity contribution is 6.03. The van der Waals surface area contributed by atoms with E-state index >= 15 is 0 Å². The van der Waals surface area contributed by atoms with Crippen molar-refractivity contribution in [3.05, 3.63) is 35.9 Å². The number of nitrogens with one attached hydrogen (secondary N) is 2. The zero-order chi connectivity index (χ0) is 18.1. The summed E-state index contributed by atoms with van der Waals surface area (Å²) in [7, 11) is 1.85. The smallest absolute Gasteiger partial charge is 0.255 e. The maximum Gasteiger partial charge on any atom is 0.255 e. The van der Waals surface area contributed by atoms with Gasteiger partial charge in [0.2, 0.25) is 5.95 Å². The number of allylic oxidation sites excluding steroid dienone is 1. The second kappa shape index (κ2) is 6.78. The van der Waals surface area contributed by atoms with Crippen molar-refractivity contribution in [2.45, 2.75) is 32.4 Å². The number of rotatable bonds is 4. The van der Waals surface area contributed by atoms with Gasteiger partial charge in [0.1, 0.15) is 0 Å². The maximum absolute atomic E-state index is 12.2. The summed E-state index contributed by atoms with van der Waals surface area (Å²) in [6, 6.07) is 0.282. The highest BCUT2D eigenvalue weighted by Gasteiger charge is 2.28. The van der Waals surface area contributed by atoms with E-state index in [1.165, 1.54) is 0 Å². The first-order valence-electron chi connectivity index (χ1n) is 8.95. The van der Waals surface area contributed by atoms with Crippen molar-refractivity contribution < 1.29 is 4.79 Å². The number of fused-ring (bicyclic) bond motifs is 1. The molecule has 8 nitrogen and oxygen atoms in total. The topological polar surface area (TPSA) is 88.0 Å². The third-order valence-corrected chi connectivity index (χ3v) is 4.75. The molecule has 26 heavy (non-hydrogen) atoms. The lowest BCUT2D eigenvalue weighted by atomic mass is 10.1. The van der Waals surface area contributed by atoms with Gasteiger partial charge in [-0.2, -0.15) is 5.10 Å². The van der Waals surface area contributed by atoms with Crippen LogP contribution in [0.4, 0.5) is 5.95 Å². The van der Waals surface area contributed by atoms with Gasteiger partial charge in [0.05, 0.1) is 29.7 Å². The Balaban J connectivity index is 1.64. The van der Waals surface area contributed by atoms with Crippen molar-refractivity contribution in [3.8, 4) is 11.3 Å². The first-order chi connectivity index (χ1) is 12.6. The van der Waals surface area contributed by atoms with E-state index in [9.17, 15) is 4.79 Å². The summed E-state index contributed by atoms with van der Waals surface area (Å²) in [5.41, 5.74) is 2.77. The molecule has 2 aliphatic heterocycles. The SMILES string of the molecule is CC=CN1CCCC(Nc2nc3c(c(-c4cnn(C)c4)n2)C(=O)NC3)C1. The summed E-state index contributed by atoms with van der Waals surface area (Å²) in [5, 5.41) is 10.5. The van der Waals surface area contributed by atoms with Crippen LogP contribution in [0, 0.1) is 0 Å². The largest absolute Gasteiger partial charge is 0.376 e. The van der Waals surface area contributed by atoms with E-state index in [0.717, 1.165) is 37.2 Å². The fourth-order valence-electron chi connectivity index (χ4n) is 3.60. The Hall–Kier alpha value is -2.90. The molecule has 4 heterocycles. The van der Waals surface area contributed by atoms with Crippen molar-refractivity contribution in [1.82, 2.24) is 30.0 Å².